The third-order valence-electron chi connectivity index (χ3n) is 4.94. The molecule has 0 N–H and O–H groups in total. The number of hydrogen-bond donors (Lipinski definition) is 0. The van der Waals surface area contributed by atoms with Crippen LogP contribution in [0, 0.1) is 0 Å². The number of halogens is 1. The lowest BCUT2D eigenvalue weighted by molar-refractivity contribution is 0.118. The minimum atomic E-state index is -3.74. The van der Waals surface area contributed by atoms with Gasteiger partial charge in [0.1, 0.15) is 0 Å². The van der Waals surface area contributed by atoms with Gasteiger partial charge in [0, 0.05) is 23.2 Å². The Morgan fingerprint density at radius 2 is 1.80 bits per heavy atom. The first-order chi connectivity index (χ1) is 14.3. The topological polar surface area (TPSA) is 68.6 Å². The first-order valence-corrected chi connectivity index (χ1v) is 11.4. The predicted octanol–water partition coefficient (Wildman–Crippen LogP) is 4.91. The second-order valence-electron chi connectivity index (χ2n) is 7.28. The highest BCUT2D eigenvalue weighted by Crippen LogP contribution is 2.31. The minimum absolute atomic E-state index is 0.162. The lowest BCUT2D eigenvalue weighted by Gasteiger charge is -2.19. The van der Waals surface area contributed by atoms with Crippen molar-refractivity contribution in [2.24, 2.45) is 0 Å². The van der Waals surface area contributed by atoms with Crippen molar-refractivity contribution in [2.45, 2.75) is 31.3 Å². The summed E-state index contributed by atoms with van der Waals surface area (Å²) in [4.78, 5) is 13.0. The summed E-state index contributed by atoms with van der Waals surface area (Å²) in [6.07, 6.45) is 2.87. The van der Waals surface area contributed by atoms with Gasteiger partial charge in [0.05, 0.1) is 22.2 Å². The van der Waals surface area contributed by atoms with Gasteiger partial charge in [-0.05, 0) is 62.2 Å². The second kappa shape index (κ2) is 7.81. The maximum atomic E-state index is 13.1. The molecule has 30 heavy (non-hydrogen) atoms. The van der Waals surface area contributed by atoms with Crippen LogP contribution in [0.15, 0.2) is 59.6 Å². The van der Waals surface area contributed by atoms with E-state index >= 15 is 0 Å². The molecule has 0 bridgehead atoms. The maximum Gasteiger partial charge on any atom is 0.419 e. The number of carbonyl (C=O) groups is 1. The lowest BCUT2D eigenvalue weighted by atomic mass is 10.1. The molecule has 4 rings (SSSR count). The van der Waals surface area contributed by atoms with Crippen LogP contribution in [0.1, 0.15) is 25.1 Å². The monoisotopic (exact) mass is 444 g/mol. The predicted molar refractivity (Wildman–Crippen MR) is 117 cm³/mol. The molecule has 0 spiro atoms. The molecule has 0 radical (unpaired) electrons. The summed E-state index contributed by atoms with van der Waals surface area (Å²) in [5.74, 6) is 0. The van der Waals surface area contributed by atoms with Crippen LogP contribution < -0.4 is 0 Å². The molecular formula is C22H21ClN2O4S. The highest BCUT2D eigenvalue weighted by molar-refractivity contribution is 7.89. The zero-order valence-corrected chi connectivity index (χ0v) is 18.2. The normalized spacial score (nSPS) is 14.1. The van der Waals surface area contributed by atoms with Gasteiger partial charge in [-0.25, -0.2) is 17.8 Å². The number of rotatable bonds is 3. The number of carbonyl (C=O) groups excluding carboxylic acids is 1. The molecule has 156 valence electrons. The third-order valence-corrected chi connectivity index (χ3v) is 6.98. The largest absolute Gasteiger partial charge is 0.446 e. The first kappa shape index (κ1) is 20.5. The van der Waals surface area contributed by atoms with Gasteiger partial charge in [0.2, 0.25) is 0 Å². The molecule has 0 unspecified atom stereocenters. The van der Waals surface area contributed by atoms with E-state index in [4.69, 9.17) is 16.3 Å². The molecule has 0 amide bonds. The molecule has 6 nitrogen and oxygen atoms in total. The molecule has 0 aliphatic carbocycles. The molecule has 1 aromatic heterocycles. The van der Waals surface area contributed by atoms with Crippen LogP contribution in [-0.2, 0) is 21.2 Å². The number of sulfonamides is 1. The fourth-order valence-electron chi connectivity index (χ4n) is 3.61. The lowest BCUT2D eigenvalue weighted by Crippen LogP contribution is -2.27. The number of ether oxygens (including phenoxy) is 1. The van der Waals surface area contributed by atoms with Gasteiger partial charge in [-0.2, -0.15) is 0 Å². The van der Waals surface area contributed by atoms with Crippen molar-refractivity contribution in [1.82, 2.24) is 8.87 Å². The average Bonchev–Trinajstić information content (AvgIpc) is 2.85. The summed E-state index contributed by atoms with van der Waals surface area (Å²) in [6.45, 7) is 3.83. The van der Waals surface area contributed by atoms with Crippen molar-refractivity contribution < 1.29 is 17.9 Å². The summed E-state index contributed by atoms with van der Waals surface area (Å²) in [7, 11) is -3.74. The Bertz CT molecular complexity index is 1240. The van der Waals surface area contributed by atoms with Gasteiger partial charge in [0.25, 0.3) is 10.0 Å². The van der Waals surface area contributed by atoms with Crippen molar-refractivity contribution in [3.8, 4) is 0 Å². The van der Waals surface area contributed by atoms with E-state index < -0.39 is 16.1 Å². The summed E-state index contributed by atoms with van der Waals surface area (Å²) >= 11 is 5.89. The number of aromatic nitrogens is 1. The van der Waals surface area contributed by atoms with Gasteiger partial charge in [-0.15, -0.1) is 0 Å². The Balaban J connectivity index is 1.78. The van der Waals surface area contributed by atoms with E-state index in [0.717, 1.165) is 16.5 Å². The van der Waals surface area contributed by atoms with Crippen LogP contribution in [0.3, 0.4) is 0 Å². The second-order valence-corrected chi connectivity index (χ2v) is 9.61. The van der Waals surface area contributed by atoms with E-state index in [2.05, 4.69) is 0 Å². The fraction of sp³-hybridized carbons (Fsp3) is 0.227. The van der Waals surface area contributed by atoms with Gasteiger partial charge in [0.15, 0.2) is 0 Å². The Labute approximate surface area is 180 Å². The van der Waals surface area contributed by atoms with Crippen molar-refractivity contribution in [1.29, 1.82) is 0 Å². The van der Waals surface area contributed by atoms with E-state index in [1.165, 1.54) is 27.2 Å². The highest BCUT2D eigenvalue weighted by Gasteiger charge is 2.27. The van der Waals surface area contributed by atoms with E-state index in [-0.39, 0.29) is 17.5 Å². The van der Waals surface area contributed by atoms with Crippen molar-refractivity contribution in [3.05, 3.63) is 71.0 Å². The Morgan fingerprint density at radius 1 is 1.10 bits per heavy atom. The van der Waals surface area contributed by atoms with Gasteiger partial charge in [-0.1, -0.05) is 29.8 Å². The van der Waals surface area contributed by atoms with E-state index in [1.807, 2.05) is 24.3 Å². The number of para-hydroxylation sites is 1. The van der Waals surface area contributed by atoms with Crippen molar-refractivity contribution >= 4 is 44.7 Å². The smallest absolute Gasteiger partial charge is 0.419 e. The van der Waals surface area contributed by atoms with Gasteiger partial charge < -0.3 is 4.74 Å². The zero-order valence-electron chi connectivity index (χ0n) is 16.6. The Morgan fingerprint density at radius 3 is 2.50 bits per heavy atom. The molecule has 8 heteroatoms. The van der Waals surface area contributed by atoms with E-state index in [9.17, 15) is 13.2 Å². The number of fused-ring (bicyclic) bond motifs is 3. The number of nitrogens with zero attached hydrogens (tertiary/aromatic N) is 2. The van der Waals surface area contributed by atoms with Crippen LogP contribution in [0.2, 0.25) is 5.02 Å². The molecule has 1 aliphatic rings. The summed E-state index contributed by atoms with van der Waals surface area (Å²) < 4.78 is 34.4. The van der Waals surface area contributed by atoms with Gasteiger partial charge >= 0.3 is 6.09 Å². The molecule has 2 aromatic carbocycles. The van der Waals surface area contributed by atoms with Crippen LogP contribution in [0.5, 0.6) is 0 Å². The standard InChI is InChI=1S/C22H21ClN2O4S/c1-15(2)29-22(26)25-20-6-4-3-5-18(20)19-11-13-24(14-12-21(19)25)30(27,28)17-9-7-16(23)8-10-17/h3-10,12,14-15H,11,13H2,1-2H3. The highest BCUT2D eigenvalue weighted by atomic mass is 35.5. The third kappa shape index (κ3) is 3.59. The summed E-state index contributed by atoms with van der Waals surface area (Å²) in [6, 6.07) is 13.6. The van der Waals surface area contributed by atoms with E-state index in [1.54, 1.807) is 32.1 Å². The molecule has 0 atom stereocenters. The minimum Gasteiger partial charge on any atom is -0.446 e. The Hall–Kier alpha value is -2.77. The molecule has 0 saturated carbocycles. The molecule has 2 heterocycles. The SMILES string of the molecule is CC(C)OC(=O)n1c2c(c3ccccc31)CCN(S(=O)(=O)c1ccc(Cl)cc1)C=C2. The molecule has 1 aliphatic heterocycles. The molecule has 0 saturated heterocycles. The van der Waals surface area contributed by atoms with Gasteiger partial charge in [-0.3, -0.25) is 4.31 Å². The summed E-state index contributed by atoms with van der Waals surface area (Å²) in [5, 5.41) is 1.38. The van der Waals surface area contributed by atoms with Crippen LogP contribution in [0.4, 0.5) is 4.79 Å². The van der Waals surface area contributed by atoms with Crippen LogP contribution >= 0.6 is 11.6 Å². The van der Waals surface area contributed by atoms with E-state index in [0.29, 0.717) is 17.1 Å². The molecular weight excluding hydrogens is 424 g/mol. The number of benzene rings is 2. The number of hydrogen-bond acceptors (Lipinski definition) is 4. The average molecular weight is 445 g/mol. The Kier molecular flexibility index (Phi) is 5.34. The molecule has 0 fully saturated rings. The van der Waals surface area contributed by atoms with Crippen molar-refractivity contribution in [2.75, 3.05) is 6.54 Å². The quantitative estimate of drug-likeness (QED) is 0.575. The van der Waals surface area contributed by atoms with Crippen LogP contribution in [0.25, 0.3) is 17.0 Å². The van der Waals surface area contributed by atoms with Crippen molar-refractivity contribution in [3.63, 3.8) is 0 Å². The fourth-order valence-corrected chi connectivity index (χ4v) is 5.04. The maximum absolute atomic E-state index is 13.1. The van der Waals surface area contributed by atoms with Crippen LogP contribution in [-0.4, -0.2) is 36.0 Å². The summed E-state index contributed by atoms with van der Waals surface area (Å²) in [5.41, 5.74) is 2.29. The zero-order chi connectivity index (χ0) is 21.5. The molecule has 3 aromatic rings. The first-order valence-electron chi connectivity index (χ1n) is 9.58.